The van der Waals surface area contributed by atoms with Gasteiger partial charge in [0.2, 0.25) is 5.91 Å². The molecule has 0 radical (unpaired) electrons. The molecule has 4 rings (SSSR count). The summed E-state index contributed by atoms with van der Waals surface area (Å²) in [6.45, 7) is 9.69. The van der Waals surface area contributed by atoms with E-state index in [2.05, 4.69) is 49.1 Å². The van der Waals surface area contributed by atoms with Crippen molar-refractivity contribution in [2.24, 2.45) is 0 Å². The first kappa shape index (κ1) is 29.2. The molecule has 39 heavy (non-hydrogen) atoms. The van der Waals surface area contributed by atoms with Gasteiger partial charge in [-0.1, -0.05) is 30.2 Å². The summed E-state index contributed by atoms with van der Waals surface area (Å²) >= 11 is 0. The third-order valence-electron chi connectivity index (χ3n) is 8.16. The summed E-state index contributed by atoms with van der Waals surface area (Å²) in [5.74, 6) is 2.72. The number of likely N-dealkylation sites (tertiary alicyclic amines) is 2. The summed E-state index contributed by atoms with van der Waals surface area (Å²) < 4.78 is 23.9. The van der Waals surface area contributed by atoms with Crippen LogP contribution >= 0.6 is 0 Å². The van der Waals surface area contributed by atoms with Crippen LogP contribution in [-0.2, 0) is 16.1 Å². The first-order valence-corrected chi connectivity index (χ1v) is 14.5. The second-order valence-corrected chi connectivity index (χ2v) is 11.1. The molecule has 214 valence electrons. The molecule has 2 fully saturated rings. The molecule has 0 bridgehead atoms. The zero-order valence-electron chi connectivity index (χ0n) is 24.3. The largest absolute Gasteiger partial charge is 0.493 e. The maximum atomic E-state index is 12.2. The van der Waals surface area contributed by atoms with E-state index < -0.39 is 0 Å². The second-order valence-electron chi connectivity index (χ2n) is 11.1. The Kier molecular flexibility index (Phi) is 10.5. The highest BCUT2D eigenvalue weighted by molar-refractivity contribution is 5.76. The van der Waals surface area contributed by atoms with Crippen molar-refractivity contribution < 1.29 is 23.7 Å². The van der Waals surface area contributed by atoms with Crippen LogP contribution in [0.4, 0.5) is 0 Å². The first-order chi connectivity index (χ1) is 18.9. The van der Waals surface area contributed by atoms with Gasteiger partial charge in [0.25, 0.3) is 0 Å². The predicted molar refractivity (Wildman–Crippen MR) is 154 cm³/mol. The van der Waals surface area contributed by atoms with Crippen molar-refractivity contribution in [3.8, 4) is 17.2 Å². The van der Waals surface area contributed by atoms with Gasteiger partial charge in [-0.05, 0) is 75.3 Å². The van der Waals surface area contributed by atoms with Gasteiger partial charge < -0.3 is 23.8 Å². The van der Waals surface area contributed by atoms with E-state index in [0.29, 0.717) is 19.6 Å². The molecule has 2 aromatic rings. The molecular formula is C32H46N2O5. The molecule has 0 spiro atoms. The van der Waals surface area contributed by atoms with E-state index in [1.807, 2.05) is 11.0 Å². The SMILES string of the molecule is COc1cc(CN2CCC(COc3ccc(C)cc3C)(OC)CC2)ccc1OCCCN1CCCCCC1=O. The van der Waals surface area contributed by atoms with E-state index in [0.717, 1.165) is 94.1 Å². The maximum absolute atomic E-state index is 12.2. The lowest BCUT2D eigenvalue weighted by atomic mass is 9.91. The van der Waals surface area contributed by atoms with Gasteiger partial charge in [-0.2, -0.15) is 0 Å². The van der Waals surface area contributed by atoms with Gasteiger partial charge in [-0.15, -0.1) is 0 Å². The van der Waals surface area contributed by atoms with Gasteiger partial charge >= 0.3 is 0 Å². The summed E-state index contributed by atoms with van der Waals surface area (Å²) in [5, 5.41) is 0. The van der Waals surface area contributed by atoms with Gasteiger partial charge in [0.15, 0.2) is 11.5 Å². The molecule has 0 saturated carbocycles. The number of piperidine rings is 1. The molecule has 0 N–H and O–H groups in total. The zero-order valence-corrected chi connectivity index (χ0v) is 24.3. The van der Waals surface area contributed by atoms with E-state index in [1.54, 1.807) is 14.2 Å². The number of aryl methyl sites for hydroxylation is 2. The van der Waals surface area contributed by atoms with E-state index in [4.69, 9.17) is 18.9 Å². The molecule has 2 aromatic carbocycles. The van der Waals surface area contributed by atoms with Gasteiger partial charge in [0.1, 0.15) is 18.0 Å². The zero-order chi connectivity index (χ0) is 27.7. The Balaban J connectivity index is 1.24. The van der Waals surface area contributed by atoms with Crippen LogP contribution in [0.3, 0.4) is 0 Å². The fourth-order valence-electron chi connectivity index (χ4n) is 5.60. The highest BCUT2D eigenvalue weighted by Gasteiger charge is 2.35. The van der Waals surface area contributed by atoms with Crippen molar-refractivity contribution in [1.82, 2.24) is 9.80 Å². The number of hydrogen-bond donors (Lipinski definition) is 0. The number of ether oxygens (including phenoxy) is 4. The Morgan fingerprint density at radius 1 is 0.872 bits per heavy atom. The molecule has 0 unspecified atom stereocenters. The van der Waals surface area contributed by atoms with Crippen LogP contribution in [0.15, 0.2) is 36.4 Å². The highest BCUT2D eigenvalue weighted by Crippen LogP contribution is 2.32. The Morgan fingerprint density at radius 2 is 1.67 bits per heavy atom. The first-order valence-electron chi connectivity index (χ1n) is 14.5. The van der Waals surface area contributed by atoms with Crippen LogP contribution in [0.2, 0.25) is 0 Å². The average molecular weight is 539 g/mol. The number of carbonyl (C=O) groups is 1. The summed E-state index contributed by atoms with van der Waals surface area (Å²) in [6.07, 6.45) is 6.61. The number of carbonyl (C=O) groups excluding carboxylic acids is 1. The number of nitrogens with zero attached hydrogens (tertiary/aromatic N) is 2. The van der Waals surface area contributed by atoms with Crippen LogP contribution < -0.4 is 14.2 Å². The van der Waals surface area contributed by atoms with Gasteiger partial charge in [0.05, 0.1) is 13.7 Å². The number of benzene rings is 2. The molecule has 2 aliphatic rings. The van der Waals surface area contributed by atoms with E-state index in [9.17, 15) is 4.79 Å². The minimum Gasteiger partial charge on any atom is -0.493 e. The molecule has 2 aliphatic heterocycles. The minimum atomic E-state index is -0.263. The smallest absolute Gasteiger partial charge is 0.222 e. The number of rotatable bonds is 12. The average Bonchev–Trinajstić information content (AvgIpc) is 3.15. The molecule has 2 saturated heterocycles. The summed E-state index contributed by atoms with van der Waals surface area (Å²) in [5.41, 5.74) is 3.34. The molecular weight excluding hydrogens is 492 g/mol. The maximum Gasteiger partial charge on any atom is 0.222 e. The number of amides is 1. The minimum absolute atomic E-state index is 0.263. The normalized spacial score (nSPS) is 18.1. The van der Waals surface area contributed by atoms with Crippen LogP contribution in [-0.4, -0.2) is 74.9 Å². The molecule has 0 aliphatic carbocycles. The van der Waals surface area contributed by atoms with E-state index >= 15 is 0 Å². The Labute approximate surface area is 234 Å². The van der Waals surface area contributed by atoms with Gasteiger partial charge in [-0.25, -0.2) is 0 Å². The van der Waals surface area contributed by atoms with Crippen molar-refractivity contribution in [1.29, 1.82) is 0 Å². The summed E-state index contributed by atoms with van der Waals surface area (Å²) in [6, 6.07) is 12.5. The third kappa shape index (κ3) is 8.12. The van der Waals surface area contributed by atoms with E-state index in [-0.39, 0.29) is 11.5 Å². The molecule has 1 amide bonds. The lowest BCUT2D eigenvalue weighted by molar-refractivity contribution is -0.130. The quantitative estimate of drug-likeness (QED) is 0.331. The third-order valence-corrected chi connectivity index (χ3v) is 8.16. The Bertz CT molecular complexity index is 1080. The number of methoxy groups -OCH3 is 2. The van der Waals surface area contributed by atoms with Crippen molar-refractivity contribution in [2.45, 2.75) is 70.9 Å². The van der Waals surface area contributed by atoms with Crippen molar-refractivity contribution >= 4 is 5.91 Å². The second kappa shape index (κ2) is 14.0. The highest BCUT2D eigenvalue weighted by atomic mass is 16.5. The molecule has 0 atom stereocenters. The lowest BCUT2D eigenvalue weighted by Crippen LogP contribution is -2.48. The van der Waals surface area contributed by atoms with Crippen LogP contribution in [0.5, 0.6) is 17.2 Å². The van der Waals surface area contributed by atoms with Gasteiger partial charge in [-0.3, -0.25) is 9.69 Å². The van der Waals surface area contributed by atoms with Crippen LogP contribution in [0, 0.1) is 13.8 Å². The van der Waals surface area contributed by atoms with Crippen molar-refractivity contribution in [3.05, 3.63) is 53.1 Å². The molecule has 7 heteroatoms. The fourth-order valence-corrected chi connectivity index (χ4v) is 5.60. The Hall–Kier alpha value is -2.77. The molecule has 2 heterocycles. The van der Waals surface area contributed by atoms with E-state index in [1.165, 1.54) is 11.1 Å². The summed E-state index contributed by atoms with van der Waals surface area (Å²) in [7, 11) is 3.49. The predicted octanol–water partition coefficient (Wildman–Crippen LogP) is 5.54. The topological polar surface area (TPSA) is 60.5 Å². The molecule has 0 aromatic heterocycles. The number of hydrogen-bond acceptors (Lipinski definition) is 6. The monoisotopic (exact) mass is 538 g/mol. The van der Waals surface area contributed by atoms with Gasteiger partial charge in [0, 0.05) is 46.3 Å². The standard InChI is InChI=1S/C32H46N2O5/c1-25-10-12-28(26(2)21-25)39-24-32(37-4)14-18-33(19-15-32)23-27-11-13-29(30(22-27)36-3)38-20-8-17-34-16-7-5-6-9-31(34)35/h10-13,21-22H,5-9,14-20,23-24H2,1-4H3. The van der Waals surface area contributed by atoms with Crippen molar-refractivity contribution in [2.75, 3.05) is 53.6 Å². The summed E-state index contributed by atoms with van der Waals surface area (Å²) in [4.78, 5) is 16.6. The Morgan fingerprint density at radius 3 is 2.41 bits per heavy atom. The molecule has 7 nitrogen and oxygen atoms in total. The van der Waals surface area contributed by atoms with Crippen LogP contribution in [0.25, 0.3) is 0 Å². The lowest BCUT2D eigenvalue weighted by Gasteiger charge is -2.40. The van der Waals surface area contributed by atoms with Crippen molar-refractivity contribution in [3.63, 3.8) is 0 Å². The fraction of sp³-hybridized carbons (Fsp3) is 0.594. The van der Waals surface area contributed by atoms with Crippen LogP contribution in [0.1, 0.15) is 61.6 Å².